The van der Waals surface area contributed by atoms with Crippen LogP contribution in [0.4, 0.5) is 24.5 Å². The van der Waals surface area contributed by atoms with Gasteiger partial charge in [-0.3, -0.25) is 14.6 Å². The first-order chi connectivity index (χ1) is 10.8. The van der Waals surface area contributed by atoms with Crippen molar-refractivity contribution in [2.75, 3.05) is 10.6 Å². The van der Waals surface area contributed by atoms with Gasteiger partial charge in [0.1, 0.15) is 0 Å². The number of amides is 2. The molecule has 2 aromatic rings. The maximum absolute atomic E-state index is 12.8. The lowest BCUT2D eigenvalue weighted by Crippen LogP contribution is -2.16. The van der Waals surface area contributed by atoms with Crippen LogP contribution in [0, 0.1) is 0 Å². The quantitative estimate of drug-likeness (QED) is 0.910. The molecule has 23 heavy (non-hydrogen) atoms. The number of benzene rings is 1. The van der Waals surface area contributed by atoms with E-state index in [0.717, 1.165) is 18.2 Å². The van der Waals surface area contributed by atoms with E-state index in [1.807, 2.05) is 0 Å². The average Bonchev–Trinajstić information content (AvgIpc) is 2.48. The summed E-state index contributed by atoms with van der Waals surface area (Å²) in [5.41, 5.74) is -0.835. The summed E-state index contributed by atoms with van der Waals surface area (Å²) in [7, 11) is 0. The van der Waals surface area contributed by atoms with Gasteiger partial charge in [-0.2, -0.15) is 13.2 Å². The zero-order valence-corrected chi connectivity index (χ0v) is 11.9. The smallest absolute Gasteiger partial charge is 0.325 e. The Labute approximate surface area is 129 Å². The van der Waals surface area contributed by atoms with Gasteiger partial charge in [-0.15, -0.1) is 0 Å². The minimum Gasteiger partial charge on any atom is -0.325 e. The Kier molecular flexibility index (Phi) is 4.63. The fraction of sp³-hybridized carbons (Fsp3) is 0.133. The Bertz CT molecular complexity index is 730. The third-order valence-electron chi connectivity index (χ3n) is 2.83. The van der Waals surface area contributed by atoms with E-state index >= 15 is 0 Å². The third kappa shape index (κ3) is 4.29. The highest BCUT2D eigenvalue weighted by Gasteiger charge is 2.31. The summed E-state index contributed by atoms with van der Waals surface area (Å²) in [6.45, 7) is 1.21. The molecular weight excluding hydrogens is 311 g/mol. The molecule has 8 heteroatoms. The lowest BCUT2D eigenvalue weighted by molar-refractivity contribution is -0.137. The molecule has 0 saturated heterocycles. The molecule has 0 aliphatic carbocycles. The van der Waals surface area contributed by atoms with Crippen molar-refractivity contribution in [3.8, 4) is 0 Å². The predicted molar refractivity (Wildman–Crippen MR) is 77.9 cm³/mol. The Morgan fingerprint density at radius 3 is 2.39 bits per heavy atom. The maximum atomic E-state index is 12.8. The van der Waals surface area contributed by atoms with Gasteiger partial charge in [0.05, 0.1) is 22.5 Å². The molecule has 0 atom stereocenters. The van der Waals surface area contributed by atoms with E-state index in [4.69, 9.17) is 0 Å². The molecule has 0 spiro atoms. The normalized spacial score (nSPS) is 11.0. The topological polar surface area (TPSA) is 71.1 Å². The largest absolute Gasteiger partial charge is 0.416 e. The summed E-state index contributed by atoms with van der Waals surface area (Å²) < 4.78 is 38.4. The first kappa shape index (κ1) is 16.5. The van der Waals surface area contributed by atoms with Crippen molar-refractivity contribution in [1.82, 2.24) is 4.98 Å². The van der Waals surface area contributed by atoms with Crippen molar-refractivity contribution in [3.63, 3.8) is 0 Å². The molecule has 0 saturated carbocycles. The fourth-order valence-electron chi connectivity index (χ4n) is 1.81. The summed E-state index contributed by atoms with van der Waals surface area (Å²) >= 11 is 0. The zero-order valence-electron chi connectivity index (χ0n) is 11.9. The molecule has 0 aliphatic heterocycles. The van der Waals surface area contributed by atoms with Gasteiger partial charge < -0.3 is 10.6 Å². The summed E-state index contributed by atoms with van der Waals surface area (Å²) in [6.07, 6.45) is -1.83. The number of carbonyl (C=O) groups is 2. The number of aromatic nitrogens is 1. The minimum atomic E-state index is -4.57. The molecule has 2 amide bonds. The second kappa shape index (κ2) is 6.47. The van der Waals surface area contributed by atoms with Crippen LogP contribution in [0.2, 0.25) is 0 Å². The molecule has 0 bridgehead atoms. The monoisotopic (exact) mass is 323 g/mol. The SMILES string of the molecule is CC(=O)Nc1ccc(C(F)(F)F)cc1NC(=O)c1cccnc1. The van der Waals surface area contributed by atoms with Crippen LogP contribution in [0.1, 0.15) is 22.8 Å². The Morgan fingerprint density at radius 1 is 1.09 bits per heavy atom. The van der Waals surface area contributed by atoms with Gasteiger partial charge in [-0.25, -0.2) is 0 Å². The molecule has 0 aliphatic rings. The van der Waals surface area contributed by atoms with Crippen molar-refractivity contribution in [2.24, 2.45) is 0 Å². The highest BCUT2D eigenvalue weighted by Crippen LogP contribution is 2.34. The number of halogens is 3. The second-order valence-corrected chi connectivity index (χ2v) is 4.64. The molecule has 0 unspecified atom stereocenters. The van der Waals surface area contributed by atoms with E-state index in [2.05, 4.69) is 15.6 Å². The van der Waals surface area contributed by atoms with Crippen LogP contribution >= 0.6 is 0 Å². The summed E-state index contributed by atoms with van der Waals surface area (Å²) in [5, 5.41) is 4.72. The van der Waals surface area contributed by atoms with E-state index in [1.54, 1.807) is 0 Å². The number of pyridine rings is 1. The average molecular weight is 323 g/mol. The number of hydrogen-bond donors (Lipinski definition) is 2. The Hall–Kier alpha value is -2.90. The highest BCUT2D eigenvalue weighted by molar-refractivity contribution is 6.07. The molecule has 120 valence electrons. The van der Waals surface area contributed by atoms with Crippen LogP contribution in [0.3, 0.4) is 0 Å². The molecule has 0 fully saturated rings. The molecular formula is C15H12F3N3O2. The Balaban J connectivity index is 2.37. The van der Waals surface area contributed by atoms with Crippen molar-refractivity contribution >= 4 is 23.2 Å². The first-order valence-electron chi connectivity index (χ1n) is 6.47. The molecule has 2 N–H and O–H groups in total. The third-order valence-corrected chi connectivity index (χ3v) is 2.83. The lowest BCUT2D eigenvalue weighted by atomic mass is 10.1. The number of nitrogens with zero attached hydrogens (tertiary/aromatic N) is 1. The maximum Gasteiger partial charge on any atom is 0.416 e. The van der Waals surface area contributed by atoms with E-state index in [9.17, 15) is 22.8 Å². The molecule has 5 nitrogen and oxygen atoms in total. The van der Waals surface area contributed by atoms with Crippen LogP contribution in [0.5, 0.6) is 0 Å². The minimum absolute atomic E-state index is 0.0720. The number of carbonyl (C=O) groups excluding carboxylic acids is 2. The number of alkyl halides is 3. The van der Waals surface area contributed by atoms with E-state index in [0.29, 0.717) is 0 Å². The van der Waals surface area contributed by atoms with Gasteiger partial charge in [0.15, 0.2) is 0 Å². The van der Waals surface area contributed by atoms with Crippen LogP contribution in [0.25, 0.3) is 0 Å². The summed E-state index contributed by atoms with van der Waals surface area (Å²) in [4.78, 5) is 27.0. The fourth-order valence-corrected chi connectivity index (χ4v) is 1.81. The standard InChI is InChI=1S/C15H12F3N3O2/c1-9(22)20-12-5-4-11(15(16,17)18)7-13(12)21-14(23)10-3-2-6-19-8-10/h2-8H,1H3,(H,20,22)(H,21,23). The number of hydrogen-bond acceptors (Lipinski definition) is 3. The van der Waals surface area contributed by atoms with Gasteiger partial charge in [-0.05, 0) is 30.3 Å². The van der Waals surface area contributed by atoms with E-state index < -0.39 is 23.6 Å². The van der Waals surface area contributed by atoms with Crippen LogP contribution in [-0.4, -0.2) is 16.8 Å². The molecule has 2 rings (SSSR count). The van der Waals surface area contributed by atoms with Crippen LogP contribution < -0.4 is 10.6 Å². The van der Waals surface area contributed by atoms with E-state index in [-0.39, 0.29) is 16.9 Å². The van der Waals surface area contributed by atoms with Gasteiger partial charge >= 0.3 is 6.18 Å². The van der Waals surface area contributed by atoms with Gasteiger partial charge in [0.25, 0.3) is 5.91 Å². The number of anilines is 2. The highest BCUT2D eigenvalue weighted by atomic mass is 19.4. The van der Waals surface area contributed by atoms with E-state index in [1.165, 1.54) is 31.5 Å². The summed E-state index contributed by atoms with van der Waals surface area (Å²) in [5.74, 6) is -1.11. The molecule has 1 aromatic carbocycles. The molecule has 0 radical (unpaired) electrons. The molecule has 1 aromatic heterocycles. The second-order valence-electron chi connectivity index (χ2n) is 4.64. The van der Waals surface area contributed by atoms with Crippen LogP contribution in [0.15, 0.2) is 42.7 Å². The van der Waals surface area contributed by atoms with Crippen LogP contribution in [-0.2, 0) is 11.0 Å². The van der Waals surface area contributed by atoms with Crippen molar-refractivity contribution in [3.05, 3.63) is 53.9 Å². The first-order valence-corrected chi connectivity index (χ1v) is 6.47. The molecule has 1 heterocycles. The summed E-state index contributed by atoms with van der Waals surface area (Å²) in [6, 6.07) is 5.66. The zero-order chi connectivity index (χ0) is 17.0. The van der Waals surface area contributed by atoms with Gasteiger partial charge in [0, 0.05) is 19.3 Å². The van der Waals surface area contributed by atoms with Crippen molar-refractivity contribution in [1.29, 1.82) is 0 Å². The van der Waals surface area contributed by atoms with Gasteiger partial charge in [0.2, 0.25) is 5.91 Å². The van der Waals surface area contributed by atoms with Crippen molar-refractivity contribution < 1.29 is 22.8 Å². The predicted octanol–water partition coefficient (Wildman–Crippen LogP) is 3.31. The van der Waals surface area contributed by atoms with Crippen molar-refractivity contribution in [2.45, 2.75) is 13.1 Å². The van der Waals surface area contributed by atoms with Gasteiger partial charge in [-0.1, -0.05) is 0 Å². The lowest BCUT2D eigenvalue weighted by Gasteiger charge is -2.14. The Morgan fingerprint density at radius 2 is 1.83 bits per heavy atom. The number of nitrogens with one attached hydrogen (secondary N) is 2. The number of rotatable bonds is 3.